The molecule has 0 spiro atoms. The minimum absolute atomic E-state index is 0.412. The number of aryl methyl sites for hydroxylation is 1. The van der Waals surface area contributed by atoms with E-state index in [1.807, 2.05) is 25.1 Å². The van der Waals surface area contributed by atoms with Gasteiger partial charge < -0.3 is 10.5 Å². The minimum Gasteiger partial charge on any atom is -0.468 e. The van der Waals surface area contributed by atoms with Crippen LogP contribution in [-0.4, -0.2) is 23.0 Å². The molecule has 1 atom stereocenters. The van der Waals surface area contributed by atoms with Gasteiger partial charge in [0.2, 0.25) is 0 Å². The first-order valence-electron chi connectivity index (χ1n) is 5.18. The van der Waals surface area contributed by atoms with E-state index in [1.165, 1.54) is 13.3 Å². The number of rotatable bonds is 2. The molecule has 0 saturated heterocycles. The second-order valence-electron chi connectivity index (χ2n) is 3.79. The number of esters is 1. The molecule has 0 radical (unpaired) electrons. The summed E-state index contributed by atoms with van der Waals surface area (Å²) in [5, 5.41) is 0. The van der Waals surface area contributed by atoms with E-state index in [2.05, 4.69) is 14.7 Å². The van der Waals surface area contributed by atoms with Gasteiger partial charge in [-0.05, 0) is 24.6 Å². The van der Waals surface area contributed by atoms with Gasteiger partial charge in [0, 0.05) is 0 Å². The van der Waals surface area contributed by atoms with E-state index in [-0.39, 0.29) is 0 Å². The van der Waals surface area contributed by atoms with Crippen LogP contribution >= 0.6 is 0 Å². The van der Waals surface area contributed by atoms with Crippen molar-refractivity contribution in [3.63, 3.8) is 0 Å². The lowest BCUT2D eigenvalue weighted by Crippen LogP contribution is -2.23. The fourth-order valence-electron chi connectivity index (χ4n) is 1.53. The van der Waals surface area contributed by atoms with Crippen molar-refractivity contribution in [2.45, 2.75) is 13.0 Å². The van der Waals surface area contributed by atoms with Crippen LogP contribution in [0.1, 0.15) is 17.3 Å². The fourth-order valence-corrected chi connectivity index (χ4v) is 1.53. The van der Waals surface area contributed by atoms with Gasteiger partial charge >= 0.3 is 5.97 Å². The number of nitrogens with zero attached hydrogens (tertiary/aromatic N) is 2. The monoisotopic (exact) mass is 231 g/mol. The van der Waals surface area contributed by atoms with Crippen LogP contribution in [-0.2, 0) is 9.53 Å². The van der Waals surface area contributed by atoms with E-state index >= 15 is 0 Å². The van der Waals surface area contributed by atoms with E-state index < -0.39 is 12.0 Å². The molecule has 2 N–H and O–H groups in total. The van der Waals surface area contributed by atoms with Crippen LogP contribution in [0.25, 0.3) is 11.0 Å². The SMILES string of the molecule is COC(=O)C(N)c1cnc2ccc(C)cc2n1. The van der Waals surface area contributed by atoms with E-state index in [4.69, 9.17) is 5.73 Å². The highest BCUT2D eigenvalue weighted by atomic mass is 16.5. The predicted octanol–water partition coefficient (Wildman–Crippen LogP) is 1.11. The van der Waals surface area contributed by atoms with E-state index in [0.29, 0.717) is 5.69 Å². The van der Waals surface area contributed by atoms with Crippen molar-refractivity contribution >= 4 is 17.0 Å². The molecule has 0 bridgehead atoms. The van der Waals surface area contributed by atoms with Gasteiger partial charge in [0.05, 0.1) is 30.0 Å². The first kappa shape index (κ1) is 11.5. The highest BCUT2D eigenvalue weighted by Crippen LogP contribution is 2.15. The van der Waals surface area contributed by atoms with Crippen LogP contribution in [0.15, 0.2) is 24.4 Å². The maximum absolute atomic E-state index is 11.3. The first-order chi connectivity index (χ1) is 8.11. The van der Waals surface area contributed by atoms with Crippen LogP contribution in [0, 0.1) is 6.92 Å². The lowest BCUT2D eigenvalue weighted by Gasteiger charge is -2.08. The van der Waals surface area contributed by atoms with Gasteiger partial charge in [-0.15, -0.1) is 0 Å². The van der Waals surface area contributed by atoms with Crippen LogP contribution in [0.5, 0.6) is 0 Å². The average Bonchev–Trinajstić information content (AvgIpc) is 2.36. The van der Waals surface area contributed by atoms with Crippen molar-refractivity contribution in [2.75, 3.05) is 7.11 Å². The summed E-state index contributed by atoms with van der Waals surface area (Å²) in [6.07, 6.45) is 1.50. The second kappa shape index (κ2) is 4.47. The number of nitrogens with two attached hydrogens (primary N) is 1. The van der Waals surface area contributed by atoms with Crippen molar-refractivity contribution < 1.29 is 9.53 Å². The smallest absolute Gasteiger partial charge is 0.328 e. The Hall–Kier alpha value is -2.01. The number of ether oxygens (including phenoxy) is 1. The number of carbonyl (C=O) groups is 1. The predicted molar refractivity (Wildman–Crippen MR) is 63.2 cm³/mol. The number of carbonyl (C=O) groups excluding carboxylic acids is 1. The summed E-state index contributed by atoms with van der Waals surface area (Å²) in [5.74, 6) is -0.522. The zero-order valence-corrected chi connectivity index (χ0v) is 9.68. The molecule has 0 aliphatic rings. The number of hydrogen-bond donors (Lipinski definition) is 1. The Morgan fingerprint density at radius 1 is 1.41 bits per heavy atom. The highest BCUT2D eigenvalue weighted by molar-refractivity contribution is 5.79. The van der Waals surface area contributed by atoms with Crippen LogP contribution < -0.4 is 5.73 Å². The number of aromatic nitrogens is 2. The molecule has 0 amide bonds. The molecule has 0 aliphatic carbocycles. The standard InChI is InChI=1S/C12H13N3O2/c1-7-3-4-8-9(5-7)15-10(6-14-8)11(13)12(16)17-2/h3-6,11H,13H2,1-2H3. The third-order valence-electron chi connectivity index (χ3n) is 2.49. The number of benzene rings is 1. The summed E-state index contributed by atoms with van der Waals surface area (Å²) in [6.45, 7) is 1.97. The Balaban J connectivity index is 2.46. The van der Waals surface area contributed by atoms with Gasteiger partial charge in [0.15, 0.2) is 0 Å². The lowest BCUT2D eigenvalue weighted by molar-refractivity contribution is -0.142. The molecule has 0 saturated carbocycles. The summed E-state index contributed by atoms with van der Waals surface area (Å²) in [6, 6.07) is 4.84. The third-order valence-corrected chi connectivity index (χ3v) is 2.49. The number of methoxy groups -OCH3 is 1. The Bertz CT molecular complexity index is 569. The van der Waals surface area contributed by atoms with Crippen LogP contribution in [0.3, 0.4) is 0 Å². The second-order valence-corrected chi connectivity index (χ2v) is 3.79. The van der Waals surface area contributed by atoms with Crippen molar-refractivity contribution in [1.29, 1.82) is 0 Å². The fraction of sp³-hybridized carbons (Fsp3) is 0.250. The molecule has 1 heterocycles. The Morgan fingerprint density at radius 3 is 2.88 bits per heavy atom. The van der Waals surface area contributed by atoms with Crippen molar-refractivity contribution in [1.82, 2.24) is 9.97 Å². The lowest BCUT2D eigenvalue weighted by atomic mass is 10.2. The van der Waals surface area contributed by atoms with Crippen molar-refractivity contribution in [3.05, 3.63) is 35.7 Å². The van der Waals surface area contributed by atoms with Crippen LogP contribution in [0.2, 0.25) is 0 Å². The topological polar surface area (TPSA) is 78.1 Å². The number of fused-ring (bicyclic) bond motifs is 1. The Morgan fingerprint density at radius 2 is 2.18 bits per heavy atom. The van der Waals surface area contributed by atoms with Crippen molar-refractivity contribution in [2.24, 2.45) is 5.73 Å². The van der Waals surface area contributed by atoms with Gasteiger partial charge in [-0.1, -0.05) is 6.07 Å². The zero-order chi connectivity index (χ0) is 12.4. The van der Waals surface area contributed by atoms with Gasteiger partial charge in [0.25, 0.3) is 0 Å². The van der Waals surface area contributed by atoms with Crippen molar-refractivity contribution in [3.8, 4) is 0 Å². The molecular weight excluding hydrogens is 218 g/mol. The van der Waals surface area contributed by atoms with Gasteiger partial charge in [-0.2, -0.15) is 0 Å². The summed E-state index contributed by atoms with van der Waals surface area (Å²) in [5.41, 5.74) is 8.69. The van der Waals surface area contributed by atoms with E-state index in [9.17, 15) is 4.79 Å². The summed E-state index contributed by atoms with van der Waals surface area (Å²) in [4.78, 5) is 19.8. The average molecular weight is 231 g/mol. The largest absolute Gasteiger partial charge is 0.468 e. The van der Waals surface area contributed by atoms with E-state index in [0.717, 1.165) is 16.6 Å². The highest BCUT2D eigenvalue weighted by Gasteiger charge is 2.18. The molecule has 5 nitrogen and oxygen atoms in total. The molecule has 17 heavy (non-hydrogen) atoms. The van der Waals surface area contributed by atoms with Gasteiger partial charge in [-0.3, -0.25) is 4.98 Å². The quantitative estimate of drug-likeness (QED) is 0.783. The third kappa shape index (κ3) is 2.24. The molecule has 88 valence electrons. The summed E-state index contributed by atoms with van der Waals surface area (Å²) >= 11 is 0. The van der Waals surface area contributed by atoms with Crippen LogP contribution in [0.4, 0.5) is 0 Å². The minimum atomic E-state index is -0.891. The molecule has 5 heteroatoms. The van der Waals surface area contributed by atoms with E-state index in [1.54, 1.807) is 0 Å². The molecule has 0 aliphatic heterocycles. The molecule has 1 aromatic carbocycles. The molecule has 0 fully saturated rings. The molecule has 2 rings (SSSR count). The summed E-state index contributed by atoms with van der Waals surface area (Å²) in [7, 11) is 1.29. The Labute approximate surface area is 98.6 Å². The Kier molecular flexibility index (Phi) is 3.01. The number of hydrogen-bond acceptors (Lipinski definition) is 5. The van der Waals surface area contributed by atoms with Gasteiger partial charge in [0.1, 0.15) is 6.04 Å². The first-order valence-corrected chi connectivity index (χ1v) is 5.18. The molecule has 2 aromatic rings. The molecule has 1 aromatic heterocycles. The van der Waals surface area contributed by atoms with Gasteiger partial charge in [-0.25, -0.2) is 9.78 Å². The molecular formula is C12H13N3O2. The maximum Gasteiger partial charge on any atom is 0.328 e. The summed E-state index contributed by atoms with van der Waals surface area (Å²) < 4.78 is 4.57. The molecule has 1 unspecified atom stereocenters. The maximum atomic E-state index is 11.3. The zero-order valence-electron chi connectivity index (χ0n) is 9.68. The normalized spacial score (nSPS) is 12.4.